The lowest BCUT2D eigenvalue weighted by atomic mass is 9.73. The van der Waals surface area contributed by atoms with Gasteiger partial charge in [0, 0.05) is 0 Å². The molecule has 0 aromatic heterocycles. The fourth-order valence-corrected chi connectivity index (χ4v) is 5.45. The number of hydrogen-bond donors (Lipinski definition) is 4. The molecule has 8 nitrogen and oxygen atoms in total. The highest BCUT2D eigenvalue weighted by molar-refractivity contribution is 5.24. The Balaban J connectivity index is 1.79. The summed E-state index contributed by atoms with van der Waals surface area (Å²) in [5.41, 5.74) is -5.80. The van der Waals surface area contributed by atoms with Crippen LogP contribution in [0.3, 0.4) is 0 Å². The maximum absolute atomic E-state index is 10.7. The molecular weight excluding hydrogens is 296 g/mol. The van der Waals surface area contributed by atoms with Crippen molar-refractivity contribution in [3.05, 3.63) is 0 Å². The summed E-state index contributed by atoms with van der Waals surface area (Å²) < 4.78 is 23.4. The molecule has 2 aliphatic heterocycles. The number of ether oxygens (including phenoxy) is 4. The van der Waals surface area contributed by atoms with E-state index in [1.54, 1.807) is 0 Å². The van der Waals surface area contributed by atoms with Crippen LogP contribution in [0.15, 0.2) is 0 Å². The Kier molecular flexibility index (Phi) is 2.45. The van der Waals surface area contributed by atoms with Crippen LogP contribution in [-0.4, -0.2) is 68.0 Å². The summed E-state index contributed by atoms with van der Waals surface area (Å²) >= 11 is 0. The van der Waals surface area contributed by atoms with Crippen molar-refractivity contribution in [2.45, 2.75) is 86.1 Å². The molecule has 2 saturated heterocycles. The predicted molar refractivity (Wildman–Crippen MR) is 67.0 cm³/mol. The SMILES string of the molecule is OC1OC23CCC[C@]24O[C@H](O)C2(CCCC12OC3O)O[C@H]4O. The first-order valence-corrected chi connectivity index (χ1v) is 7.86. The molecular formula is C14H20O8. The first-order chi connectivity index (χ1) is 10.4. The van der Waals surface area contributed by atoms with Gasteiger partial charge in [0.05, 0.1) is 0 Å². The summed E-state index contributed by atoms with van der Waals surface area (Å²) in [6.45, 7) is 0. The van der Waals surface area contributed by atoms with Gasteiger partial charge >= 0.3 is 0 Å². The zero-order valence-corrected chi connectivity index (χ0v) is 12.0. The molecule has 8 atom stereocenters. The molecule has 5 unspecified atom stereocenters. The molecule has 0 aromatic rings. The van der Waals surface area contributed by atoms with E-state index < -0.39 is 47.6 Å². The average Bonchev–Trinajstić information content (AvgIpc) is 2.97. The number of aliphatic hydroxyl groups excluding tert-OH is 4. The third-order valence-electron chi connectivity index (χ3n) is 6.51. The van der Waals surface area contributed by atoms with Crippen molar-refractivity contribution >= 4 is 0 Å². The molecule has 22 heavy (non-hydrogen) atoms. The Bertz CT molecular complexity index is 439. The number of rotatable bonds is 0. The quantitative estimate of drug-likeness (QED) is 0.435. The van der Waals surface area contributed by atoms with E-state index in [0.29, 0.717) is 38.5 Å². The van der Waals surface area contributed by atoms with Gasteiger partial charge in [0.1, 0.15) is 0 Å². The van der Waals surface area contributed by atoms with E-state index in [4.69, 9.17) is 18.9 Å². The van der Waals surface area contributed by atoms with Crippen LogP contribution in [-0.2, 0) is 18.9 Å². The van der Waals surface area contributed by atoms with Gasteiger partial charge in [-0.1, -0.05) is 0 Å². The third-order valence-corrected chi connectivity index (χ3v) is 6.51. The summed E-state index contributed by atoms with van der Waals surface area (Å²) in [7, 11) is 0. The lowest BCUT2D eigenvalue weighted by molar-refractivity contribution is -0.547. The highest BCUT2D eigenvalue weighted by atomic mass is 16.8. The number of fused-ring (bicyclic) bond motifs is 2. The van der Waals surface area contributed by atoms with Crippen LogP contribution in [0, 0.1) is 0 Å². The molecule has 124 valence electrons. The summed E-state index contributed by atoms with van der Waals surface area (Å²) in [6, 6.07) is 0. The van der Waals surface area contributed by atoms with Gasteiger partial charge in [-0.05, 0) is 38.5 Å². The van der Waals surface area contributed by atoms with E-state index in [9.17, 15) is 20.4 Å². The second-order valence-electron chi connectivity index (χ2n) is 7.15. The van der Waals surface area contributed by atoms with E-state index >= 15 is 0 Å². The van der Waals surface area contributed by atoms with Gasteiger partial charge in [0.2, 0.25) is 0 Å². The van der Waals surface area contributed by atoms with Crippen molar-refractivity contribution < 1.29 is 39.4 Å². The fourth-order valence-electron chi connectivity index (χ4n) is 5.45. The summed E-state index contributed by atoms with van der Waals surface area (Å²) in [4.78, 5) is 0. The van der Waals surface area contributed by atoms with Crippen molar-refractivity contribution in [3.8, 4) is 0 Å². The Labute approximate surface area is 126 Å². The van der Waals surface area contributed by atoms with E-state index in [-0.39, 0.29) is 0 Å². The van der Waals surface area contributed by atoms with Crippen molar-refractivity contribution in [1.29, 1.82) is 0 Å². The van der Waals surface area contributed by atoms with Gasteiger partial charge in [-0.15, -0.1) is 0 Å². The largest absolute Gasteiger partial charge is 0.365 e. The van der Waals surface area contributed by atoms with Gasteiger partial charge in [-0.3, -0.25) is 0 Å². The predicted octanol–water partition coefficient (Wildman–Crippen LogP) is -1.31. The Hall–Kier alpha value is -0.320. The van der Waals surface area contributed by atoms with Crippen molar-refractivity contribution in [2.24, 2.45) is 0 Å². The molecule has 2 aliphatic carbocycles. The Morgan fingerprint density at radius 3 is 0.955 bits per heavy atom. The molecule has 0 amide bonds. The average molecular weight is 316 g/mol. The van der Waals surface area contributed by atoms with Crippen LogP contribution in [0.2, 0.25) is 0 Å². The van der Waals surface area contributed by atoms with Crippen molar-refractivity contribution in [1.82, 2.24) is 0 Å². The standard InChI is InChI=1S/C14H20O8/c15-7-11-3-1-4-12(11)8(16)22-14(10(18)20-12)6-2-5-13(14,21-7)9(17)19-11/h7-10,15-18H,1-6H2/t7-,8?,9+,10?,11-,12?,13?,14?/m1/s1. The Morgan fingerprint density at radius 2 is 0.727 bits per heavy atom. The van der Waals surface area contributed by atoms with Crippen LogP contribution < -0.4 is 0 Å². The Morgan fingerprint density at radius 1 is 0.500 bits per heavy atom. The van der Waals surface area contributed by atoms with E-state index in [1.807, 2.05) is 0 Å². The summed E-state index contributed by atoms with van der Waals surface area (Å²) in [5, 5.41) is 42.6. The topological polar surface area (TPSA) is 118 Å². The molecule has 0 aromatic carbocycles. The smallest absolute Gasteiger partial charge is 0.188 e. The summed E-state index contributed by atoms with van der Waals surface area (Å²) in [5.74, 6) is 0. The minimum Gasteiger partial charge on any atom is -0.365 e. The molecule has 0 radical (unpaired) electrons. The van der Waals surface area contributed by atoms with Crippen LogP contribution >= 0.6 is 0 Å². The van der Waals surface area contributed by atoms with Gasteiger partial charge in [0.25, 0.3) is 0 Å². The molecule has 4 rings (SSSR count). The van der Waals surface area contributed by atoms with Gasteiger partial charge in [-0.25, -0.2) is 0 Å². The highest BCUT2D eigenvalue weighted by Gasteiger charge is 2.83. The second kappa shape index (κ2) is 3.84. The first-order valence-electron chi connectivity index (χ1n) is 7.86. The summed E-state index contributed by atoms with van der Waals surface area (Å²) in [6.07, 6.45) is -2.93. The zero-order valence-electron chi connectivity index (χ0n) is 12.0. The van der Waals surface area contributed by atoms with Crippen LogP contribution in [0.25, 0.3) is 0 Å². The van der Waals surface area contributed by atoms with E-state index in [0.717, 1.165) is 0 Å². The van der Waals surface area contributed by atoms with Crippen LogP contribution in [0.5, 0.6) is 0 Å². The van der Waals surface area contributed by atoms with Gasteiger partial charge in [-0.2, -0.15) is 0 Å². The minimum atomic E-state index is -1.45. The first kappa shape index (κ1) is 14.1. The molecule has 8 heteroatoms. The van der Waals surface area contributed by atoms with Crippen LogP contribution in [0.1, 0.15) is 38.5 Å². The second-order valence-corrected chi connectivity index (χ2v) is 7.15. The maximum Gasteiger partial charge on any atom is 0.188 e. The van der Waals surface area contributed by atoms with Gasteiger partial charge in [0.15, 0.2) is 47.6 Å². The van der Waals surface area contributed by atoms with Crippen LogP contribution in [0.4, 0.5) is 0 Å². The van der Waals surface area contributed by atoms with E-state index in [2.05, 4.69) is 0 Å². The molecule has 4 spiro atoms. The lowest BCUT2D eigenvalue weighted by Gasteiger charge is -2.67. The highest BCUT2D eigenvalue weighted by Crippen LogP contribution is 2.65. The van der Waals surface area contributed by atoms with Gasteiger partial charge < -0.3 is 39.4 Å². The molecule has 2 saturated carbocycles. The third kappa shape index (κ3) is 1.14. The number of hydrogen-bond acceptors (Lipinski definition) is 8. The van der Waals surface area contributed by atoms with Crippen molar-refractivity contribution in [3.63, 3.8) is 0 Å². The molecule has 0 bridgehead atoms. The van der Waals surface area contributed by atoms with E-state index in [1.165, 1.54) is 0 Å². The zero-order chi connectivity index (χ0) is 15.4. The molecule has 4 N–H and O–H groups in total. The monoisotopic (exact) mass is 316 g/mol. The molecule has 2 heterocycles. The molecule has 4 aliphatic rings. The number of aliphatic hydroxyl groups is 4. The van der Waals surface area contributed by atoms with Crippen molar-refractivity contribution in [2.75, 3.05) is 0 Å². The normalized spacial score (nSPS) is 66.0. The maximum atomic E-state index is 10.7. The fraction of sp³-hybridized carbons (Fsp3) is 1.00. The lowest BCUT2D eigenvalue weighted by Crippen LogP contribution is -2.86. The molecule has 4 fully saturated rings. The minimum absolute atomic E-state index is 0.335.